The van der Waals surface area contributed by atoms with Gasteiger partial charge in [-0.25, -0.2) is 4.98 Å². The molecule has 0 radical (unpaired) electrons. The number of likely N-dealkylation sites (N-methyl/N-ethyl adjacent to an activating group) is 1. The predicted octanol–water partition coefficient (Wildman–Crippen LogP) is 1.10. The summed E-state index contributed by atoms with van der Waals surface area (Å²) >= 11 is 0. The largest absolute Gasteiger partial charge is 0.373 e. The van der Waals surface area contributed by atoms with Crippen LogP contribution >= 0.6 is 0 Å². The van der Waals surface area contributed by atoms with Gasteiger partial charge in [-0.2, -0.15) is 0 Å². The van der Waals surface area contributed by atoms with Gasteiger partial charge < -0.3 is 19.4 Å². The number of piperidine rings is 1. The Hall–Kier alpha value is -1.24. The zero-order valence-electron chi connectivity index (χ0n) is 14.7. The average molecular weight is 331 g/mol. The van der Waals surface area contributed by atoms with Crippen molar-refractivity contribution in [3.63, 3.8) is 0 Å². The summed E-state index contributed by atoms with van der Waals surface area (Å²) in [7, 11) is 2.22. The molecule has 6 heteroatoms. The summed E-state index contributed by atoms with van der Waals surface area (Å²) < 4.78 is 6.38. The second-order valence-electron chi connectivity index (χ2n) is 7.76. The van der Waals surface area contributed by atoms with E-state index in [9.17, 15) is 0 Å². The third-order valence-electron chi connectivity index (χ3n) is 5.81. The van der Waals surface area contributed by atoms with Gasteiger partial charge in [0.2, 0.25) is 0 Å². The molecule has 3 aliphatic heterocycles. The number of aromatic nitrogens is 2. The van der Waals surface area contributed by atoms with E-state index >= 15 is 0 Å². The Morgan fingerprint density at radius 1 is 1.21 bits per heavy atom. The first-order valence-electron chi connectivity index (χ1n) is 9.28. The summed E-state index contributed by atoms with van der Waals surface area (Å²) in [5.74, 6) is 1.66. The summed E-state index contributed by atoms with van der Waals surface area (Å²) in [4.78, 5) is 16.1. The number of hydrogen-bond acceptors (Lipinski definition) is 6. The van der Waals surface area contributed by atoms with Crippen LogP contribution in [0.4, 0.5) is 5.82 Å². The first-order chi connectivity index (χ1) is 11.7. The van der Waals surface area contributed by atoms with Crippen LogP contribution in [0.15, 0.2) is 18.6 Å². The van der Waals surface area contributed by atoms with Gasteiger partial charge in [0.05, 0.1) is 18.4 Å². The third kappa shape index (κ3) is 3.55. The molecule has 0 aliphatic carbocycles. The van der Waals surface area contributed by atoms with Gasteiger partial charge in [-0.3, -0.25) is 4.98 Å². The van der Waals surface area contributed by atoms with Crippen molar-refractivity contribution in [3.8, 4) is 0 Å². The fraction of sp³-hybridized carbons (Fsp3) is 0.778. The van der Waals surface area contributed by atoms with E-state index in [2.05, 4.69) is 31.7 Å². The van der Waals surface area contributed by atoms with Crippen molar-refractivity contribution < 1.29 is 4.74 Å². The van der Waals surface area contributed by atoms with Crippen LogP contribution in [0.5, 0.6) is 0 Å². The molecule has 3 aliphatic rings. The smallest absolute Gasteiger partial charge is 0.147 e. The molecule has 0 amide bonds. The van der Waals surface area contributed by atoms with Gasteiger partial charge in [-0.15, -0.1) is 0 Å². The van der Waals surface area contributed by atoms with Crippen LogP contribution in [0.25, 0.3) is 0 Å². The highest BCUT2D eigenvalue weighted by molar-refractivity contribution is 5.36. The van der Waals surface area contributed by atoms with Crippen molar-refractivity contribution in [1.29, 1.82) is 0 Å². The van der Waals surface area contributed by atoms with E-state index in [1.54, 1.807) is 12.4 Å². The molecule has 2 atom stereocenters. The predicted molar refractivity (Wildman–Crippen MR) is 94.2 cm³/mol. The SMILES string of the molecule is CN1CCN(CC2COC3(CCCN(c4cnccn4)C3)C2)CC1. The summed E-state index contributed by atoms with van der Waals surface area (Å²) in [5, 5.41) is 0. The molecular formula is C18H29N5O. The first kappa shape index (κ1) is 16.2. The highest BCUT2D eigenvalue weighted by Gasteiger charge is 2.44. The molecule has 0 aromatic carbocycles. The first-order valence-corrected chi connectivity index (χ1v) is 9.28. The van der Waals surface area contributed by atoms with E-state index in [-0.39, 0.29) is 5.60 Å². The molecule has 2 unspecified atom stereocenters. The van der Waals surface area contributed by atoms with Crippen LogP contribution in [-0.2, 0) is 4.74 Å². The highest BCUT2D eigenvalue weighted by Crippen LogP contribution is 2.38. The second kappa shape index (κ2) is 6.94. The van der Waals surface area contributed by atoms with Crippen LogP contribution < -0.4 is 4.90 Å². The quantitative estimate of drug-likeness (QED) is 0.826. The van der Waals surface area contributed by atoms with E-state index in [1.165, 1.54) is 52.0 Å². The Bertz CT molecular complexity index is 533. The molecule has 4 rings (SSSR count). The molecule has 6 nitrogen and oxygen atoms in total. The van der Waals surface area contributed by atoms with Gasteiger partial charge in [0.25, 0.3) is 0 Å². The van der Waals surface area contributed by atoms with Crippen molar-refractivity contribution in [2.24, 2.45) is 5.92 Å². The zero-order chi connectivity index (χ0) is 16.4. The molecule has 0 N–H and O–H groups in total. The van der Waals surface area contributed by atoms with E-state index in [0.29, 0.717) is 5.92 Å². The van der Waals surface area contributed by atoms with Crippen LogP contribution in [0.1, 0.15) is 19.3 Å². The van der Waals surface area contributed by atoms with Crippen molar-refractivity contribution in [2.45, 2.75) is 24.9 Å². The van der Waals surface area contributed by atoms with Gasteiger partial charge >= 0.3 is 0 Å². The minimum absolute atomic E-state index is 0.0347. The topological polar surface area (TPSA) is 44.7 Å². The van der Waals surface area contributed by atoms with Crippen LogP contribution in [-0.4, -0.2) is 84.8 Å². The fourth-order valence-electron chi connectivity index (χ4n) is 4.48. The Labute approximate surface area is 144 Å². The lowest BCUT2D eigenvalue weighted by molar-refractivity contribution is -0.00753. The molecule has 0 bridgehead atoms. The van der Waals surface area contributed by atoms with Crippen molar-refractivity contribution in [3.05, 3.63) is 18.6 Å². The van der Waals surface area contributed by atoms with Gasteiger partial charge in [-0.1, -0.05) is 0 Å². The molecule has 24 heavy (non-hydrogen) atoms. The molecule has 3 saturated heterocycles. The summed E-state index contributed by atoms with van der Waals surface area (Å²) in [5.41, 5.74) is 0.0347. The number of nitrogens with zero attached hydrogens (tertiary/aromatic N) is 5. The standard InChI is InChI=1S/C18H29N5O/c1-21-7-9-22(10-8-21)13-16-11-18(24-14-16)3-2-6-23(15-18)17-12-19-4-5-20-17/h4-5,12,16H,2-3,6-11,13-15H2,1H3. The van der Waals surface area contributed by atoms with Crippen molar-refractivity contribution in [1.82, 2.24) is 19.8 Å². The van der Waals surface area contributed by atoms with Crippen LogP contribution in [0, 0.1) is 5.92 Å². The second-order valence-corrected chi connectivity index (χ2v) is 7.76. The normalized spacial score (nSPS) is 32.5. The van der Waals surface area contributed by atoms with Crippen LogP contribution in [0.2, 0.25) is 0 Å². The molecule has 132 valence electrons. The van der Waals surface area contributed by atoms with Crippen molar-refractivity contribution >= 4 is 5.82 Å². The average Bonchev–Trinajstić information content (AvgIpc) is 2.99. The summed E-state index contributed by atoms with van der Waals surface area (Å²) in [6, 6.07) is 0. The number of rotatable bonds is 3. The Morgan fingerprint density at radius 2 is 2.08 bits per heavy atom. The molecule has 1 aromatic rings. The zero-order valence-corrected chi connectivity index (χ0v) is 14.7. The van der Waals surface area contributed by atoms with Crippen molar-refractivity contribution in [2.75, 3.05) is 64.4 Å². The molecule has 4 heterocycles. The Kier molecular flexibility index (Phi) is 4.70. The lowest BCUT2D eigenvalue weighted by Crippen LogP contribution is -2.49. The number of anilines is 1. The van der Waals surface area contributed by atoms with Gasteiger partial charge in [0.15, 0.2) is 0 Å². The number of ether oxygens (including phenoxy) is 1. The fourth-order valence-corrected chi connectivity index (χ4v) is 4.48. The Balaban J connectivity index is 1.34. The van der Waals surface area contributed by atoms with E-state index in [0.717, 1.165) is 25.5 Å². The lowest BCUT2D eigenvalue weighted by Gasteiger charge is -2.40. The van der Waals surface area contributed by atoms with Gasteiger partial charge in [0, 0.05) is 58.2 Å². The maximum atomic E-state index is 6.38. The highest BCUT2D eigenvalue weighted by atomic mass is 16.5. The van der Waals surface area contributed by atoms with E-state index in [1.807, 2.05) is 6.20 Å². The third-order valence-corrected chi connectivity index (χ3v) is 5.81. The van der Waals surface area contributed by atoms with Gasteiger partial charge in [-0.05, 0) is 32.2 Å². The summed E-state index contributed by atoms with van der Waals surface area (Å²) in [6.45, 7) is 8.93. The molecular weight excluding hydrogens is 302 g/mol. The maximum absolute atomic E-state index is 6.38. The van der Waals surface area contributed by atoms with E-state index in [4.69, 9.17) is 4.74 Å². The monoisotopic (exact) mass is 331 g/mol. The Morgan fingerprint density at radius 3 is 2.88 bits per heavy atom. The molecule has 1 spiro atoms. The summed E-state index contributed by atoms with van der Waals surface area (Å²) in [6.07, 6.45) is 8.94. The molecule has 1 aromatic heterocycles. The van der Waals surface area contributed by atoms with Crippen LogP contribution in [0.3, 0.4) is 0 Å². The maximum Gasteiger partial charge on any atom is 0.147 e. The lowest BCUT2D eigenvalue weighted by atomic mass is 9.86. The molecule has 0 saturated carbocycles. The minimum Gasteiger partial charge on any atom is -0.373 e. The number of piperazine rings is 1. The minimum atomic E-state index is 0.0347. The number of hydrogen-bond donors (Lipinski definition) is 0. The molecule has 3 fully saturated rings. The van der Waals surface area contributed by atoms with E-state index < -0.39 is 0 Å². The van der Waals surface area contributed by atoms with Gasteiger partial charge in [0.1, 0.15) is 5.82 Å².